The largest absolute Gasteiger partial charge is 0.339 e. The number of aryl methyl sites for hydroxylation is 2. The van der Waals surface area contributed by atoms with E-state index in [1.165, 1.54) is 16.8 Å². The molecule has 0 saturated carbocycles. The number of piperidine rings is 1. The molecule has 2 amide bonds. The maximum Gasteiger partial charge on any atom is 0.274 e. The minimum atomic E-state index is -0.368. The molecule has 0 bridgehead atoms. The van der Waals surface area contributed by atoms with Gasteiger partial charge in [0.2, 0.25) is 0 Å². The van der Waals surface area contributed by atoms with Crippen molar-refractivity contribution >= 4 is 17.5 Å². The Kier molecular flexibility index (Phi) is 5.44. The van der Waals surface area contributed by atoms with Gasteiger partial charge in [-0.2, -0.15) is 0 Å². The summed E-state index contributed by atoms with van der Waals surface area (Å²) >= 11 is 0. The molecule has 0 radical (unpaired) electrons. The van der Waals surface area contributed by atoms with Gasteiger partial charge in [-0.1, -0.05) is 24.6 Å². The zero-order chi connectivity index (χ0) is 19.6. The number of nitrogens with one attached hydrogen (secondary N) is 1. The Hall–Kier alpha value is -2.89. The molecule has 1 N–H and O–H groups in total. The maximum absolute atomic E-state index is 12.8. The van der Waals surface area contributed by atoms with Gasteiger partial charge in [0.05, 0.1) is 5.56 Å². The Morgan fingerprint density at radius 2 is 1.81 bits per heavy atom. The van der Waals surface area contributed by atoms with Crippen LogP contribution in [0.25, 0.3) is 0 Å². The van der Waals surface area contributed by atoms with Crippen molar-refractivity contribution in [3.8, 4) is 0 Å². The van der Waals surface area contributed by atoms with Crippen molar-refractivity contribution in [2.24, 2.45) is 13.0 Å². The summed E-state index contributed by atoms with van der Waals surface area (Å²) in [6.07, 6.45) is 3.49. The summed E-state index contributed by atoms with van der Waals surface area (Å²) in [6.45, 7) is 5.52. The first-order valence-corrected chi connectivity index (χ1v) is 9.23. The molecular weight excluding hydrogens is 342 g/mol. The second-order valence-corrected chi connectivity index (χ2v) is 7.36. The fourth-order valence-electron chi connectivity index (χ4n) is 3.29. The lowest BCUT2D eigenvalue weighted by Crippen LogP contribution is -2.38. The molecule has 1 saturated heterocycles. The number of pyridine rings is 1. The van der Waals surface area contributed by atoms with Crippen molar-refractivity contribution in [2.75, 3.05) is 18.4 Å². The van der Waals surface area contributed by atoms with Crippen molar-refractivity contribution in [1.29, 1.82) is 0 Å². The van der Waals surface area contributed by atoms with Crippen LogP contribution in [0.2, 0.25) is 0 Å². The molecule has 1 fully saturated rings. The van der Waals surface area contributed by atoms with Gasteiger partial charge >= 0.3 is 0 Å². The van der Waals surface area contributed by atoms with Crippen molar-refractivity contribution in [2.45, 2.75) is 26.7 Å². The highest BCUT2D eigenvalue weighted by molar-refractivity contribution is 6.05. The molecular formula is C21H25N3O3. The van der Waals surface area contributed by atoms with E-state index in [-0.39, 0.29) is 23.1 Å². The molecule has 1 aliphatic heterocycles. The van der Waals surface area contributed by atoms with Crippen LogP contribution >= 0.6 is 0 Å². The van der Waals surface area contributed by atoms with Crippen LogP contribution in [0, 0.1) is 12.8 Å². The maximum atomic E-state index is 12.8. The number of carbonyl (C=O) groups excluding carboxylic acids is 2. The quantitative estimate of drug-likeness (QED) is 0.907. The topological polar surface area (TPSA) is 71.4 Å². The Bertz CT molecular complexity index is 925. The highest BCUT2D eigenvalue weighted by Gasteiger charge is 2.23. The van der Waals surface area contributed by atoms with Gasteiger partial charge in [-0.25, -0.2) is 0 Å². The molecule has 3 rings (SSSR count). The second kappa shape index (κ2) is 7.78. The molecule has 0 spiro atoms. The molecule has 1 aliphatic rings. The Morgan fingerprint density at radius 3 is 2.48 bits per heavy atom. The molecule has 6 nitrogen and oxygen atoms in total. The van der Waals surface area contributed by atoms with Gasteiger partial charge in [0.15, 0.2) is 0 Å². The number of rotatable bonds is 3. The first-order valence-electron chi connectivity index (χ1n) is 9.23. The van der Waals surface area contributed by atoms with Gasteiger partial charge in [0, 0.05) is 31.9 Å². The lowest BCUT2D eigenvalue weighted by molar-refractivity contribution is 0.0696. The van der Waals surface area contributed by atoms with Crippen LogP contribution in [0.1, 0.15) is 46.0 Å². The minimum absolute atomic E-state index is 0.108. The third kappa shape index (κ3) is 4.27. The highest BCUT2D eigenvalue weighted by Crippen LogP contribution is 2.19. The fourth-order valence-corrected chi connectivity index (χ4v) is 3.29. The zero-order valence-electron chi connectivity index (χ0n) is 16.0. The second-order valence-electron chi connectivity index (χ2n) is 7.36. The predicted octanol–water partition coefficient (Wildman–Crippen LogP) is 2.82. The molecule has 2 heterocycles. The first kappa shape index (κ1) is 18.9. The smallest absolute Gasteiger partial charge is 0.274 e. The standard InChI is InChI=1S/C21H25N3O3/c1-14-7-9-24(10-8-14)20(26)17-12-18(21(27)23(3)13-17)22-19(25)16-6-4-5-15(2)11-16/h4-6,11-14H,7-10H2,1-3H3,(H,22,25). The molecule has 2 aromatic rings. The molecule has 27 heavy (non-hydrogen) atoms. The van der Waals surface area contributed by atoms with Gasteiger partial charge in [0.1, 0.15) is 5.69 Å². The van der Waals surface area contributed by atoms with E-state index in [9.17, 15) is 14.4 Å². The molecule has 0 aliphatic carbocycles. The highest BCUT2D eigenvalue weighted by atomic mass is 16.2. The molecule has 142 valence electrons. The number of benzene rings is 1. The van der Waals surface area contributed by atoms with E-state index in [2.05, 4.69) is 12.2 Å². The summed E-state index contributed by atoms with van der Waals surface area (Å²) in [6, 6.07) is 8.62. The number of likely N-dealkylation sites (tertiary alicyclic amines) is 1. The number of amides is 2. The Balaban J connectivity index is 1.85. The van der Waals surface area contributed by atoms with Crippen molar-refractivity contribution in [3.63, 3.8) is 0 Å². The van der Waals surface area contributed by atoms with Crippen molar-refractivity contribution in [3.05, 3.63) is 63.6 Å². The minimum Gasteiger partial charge on any atom is -0.339 e. The number of anilines is 1. The lowest BCUT2D eigenvalue weighted by atomic mass is 9.99. The van der Waals surface area contributed by atoms with Crippen LogP contribution in [0.4, 0.5) is 5.69 Å². The normalized spacial score (nSPS) is 14.9. The Morgan fingerprint density at radius 1 is 1.11 bits per heavy atom. The van der Waals surface area contributed by atoms with Crippen molar-refractivity contribution in [1.82, 2.24) is 9.47 Å². The number of hydrogen-bond donors (Lipinski definition) is 1. The van der Waals surface area contributed by atoms with Gasteiger partial charge in [-0.15, -0.1) is 0 Å². The molecule has 0 unspecified atom stereocenters. The van der Waals surface area contributed by atoms with Crippen LogP contribution in [0.5, 0.6) is 0 Å². The fraction of sp³-hybridized carbons (Fsp3) is 0.381. The van der Waals surface area contributed by atoms with E-state index >= 15 is 0 Å². The lowest BCUT2D eigenvalue weighted by Gasteiger charge is -2.30. The van der Waals surface area contributed by atoms with Gasteiger partial charge in [0.25, 0.3) is 17.4 Å². The first-order chi connectivity index (χ1) is 12.8. The third-order valence-corrected chi connectivity index (χ3v) is 5.03. The van der Waals surface area contributed by atoms with Gasteiger partial charge < -0.3 is 14.8 Å². The number of hydrogen-bond acceptors (Lipinski definition) is 3. The monoisotopic (exact) mass is 367 g/mol. The van der Waals surface area contributed by atoms with E-state index in [0.717, 1.165) is 18.4 Å². The van der Waals surface area contributed by atoms with Crippen molar-refractivity contribution < 1.29 is 9.59 Å². The molecule has 6 heteroatoms. The number of nitrogens with zero attached hydrogens (tertiary/aromatic N) is 2. The summed E-state index contributed by atoms with van der Waals surface area (Å²) in [7, 11) is 1.58. The Labute approximate surface area is 158 Å². The van der Waals surface area contributed by atoms with Crippen LogP contribution in [-0.2, 0) is 7.05 Å². The zero-order valence-corrected chi connectivity index (χ0v) is 16.0. The van der Waals surface area contributed by atoms with Gasteiger partial charge in [-0.3, -0.25) is 14.4 Å². The summed E-state index contributed by atoms with van der Waals surface area (Å²) < 4.78 is 1.34. The number of aromatic nitrogens is 1. The van der Waals surface area contributed by atoms with Crippen LogP contribution < -0.4 is 10.9 Å². The van der Waals surface area contributed by atoms with E-state index in [1.54, 1.807) is 25.2 Å². The summed E-state index contributed by atoms with van der Waals surface area (Å²) in [5.74, 6) is 0.147. The predicted molar refractivity (Wildman–Crippen MR) is 105 cm³/mol. The van der Waals surface area contributed by atoms with E-state index in [4.69, 9.17) is 0 Å². The third-order valence-electron chi connectivity index (χ3n) is 5.03. The van der Waals surface area contributed by atoms with Crippen LogP contribution in [0.3, 0.4) is 0 Å². The molecule has 1 aromatic heterocycles. The average molecular weight is 367 g/mol. The van der Waals surface area contributed by atoms with Crippen LogP contribution in [0.15, 0.2) is 41.3 Å². The van der Waals surface area contributed by atoms with Gasteiger partial charge in [-0.05, 0) is 43.9 Å². The summed E-state index contributed by atoms with van der Waals surface area (Å²) in [5, 5.41) is 2.66. The van der Waals surface area contributed by atoms with E-state index in [1.807, 2.05) is 17.9 Å². The average Bonchev–Trinajstić information content (AvgIpc) is 2.65. The summed E-state index contributed by atoms with van der Waals surface area (Å²) in [4.78, 5) is 39.5. The summed E-state index contributed by atoms with van der Waals surface area (Å²) in [5.41, 5.74) is 1.60. The van der Waals surface area contributed by atoms with Crippen LogP contribution in [-0.4, -0.2) is 34.4 Å². The SMILES string of the molecule is Cc1cccc(C(=O)Nc2cc(C(=O)N3CCC(C)CC3)cn(C)c2=O)c1. The molecule has 1 aromatic carbocycles. The van der Waals surface area contributed by atoms with E-state index in [0.29, 0.717) is 30.1 Å². The molecule has 0 atom stereocenters. The van der Waals surface area contributed by atoms with E-state index < -0.39 is 0 Å². The number of carbonyl (C=O) groups is 2.